The molecule has 1 rings (SSSR count). The van der Waals surface area contributed by atoms with Crippen LogP contribution in [0.1, 0.15) is 39.0 Å². The van der Waals surface area contributed by atoms with Gasteiger partial charge in [0.1, 0.15) is 5.54 Å². The number of esters is 1. The third-order valence-corrected chi connectivity index (χ3v) is 3.23. The van der Waals surface area contributed by atoms with Crippen molar-refractivity contribution in [2.45, 2.75) is 44.6 Å². The number of ether oxygens (including phenoxy) is 1. The standard InChI is InChI=1S/C11H19NO4/c1-3-4-6-11(9(13)16-2)7-5-8-12(11)10(14)15/h3-8H2,1-2H3,(H,14,15). The topological polar surface area (TPSA) is 66.8 Å². The molecule has 1 heterocycles. The van der Waals surface area contributed by atoms with Crippen LogP contribution >= 0.6 is 0 Å². The Hall–Kier alpha value is -1.26. The summed E-state index contributed by atoms with van der Waals surface area (Å²) in [5.74, 6) is -0.416. The molecular weight excluding hydrogens is 210 g/mol. The van der Waals surface area contributed by atoms with Gasteiger partial charge in [0.15, 0.2) is 0 Å². The molecule has 0 saturated carbocycles. The number of carbonyl (C=O) groups is 2. The van der Waals surface area contributed by atoms with E-state index in [-0.39, 0.29) is 0 Å². The Bertz CT molecular complexity index is 279. The Morgan fingerprint density at radius 3 is 2.69 bits per heavy atom. The molecule has 1 unspecified atom stereocenters. The summed E-state index contributed by atoms with van der Waals surface area (Å²) in [6.07, 6.45) is 2.60. The predicted molar refractivity (Wildman–Crippen MR) is 58.2 cm³/mol. The molecule has 1 fully saturated rings. The Labute approximate surface area is 95.4 Å². The van der Waals surface area contributed by atoms with Gasteiger partial charge in [-0.3, -0.25) is 4.90 Å². The highest BCUT2D eigenvalue weighted by Gasteiger charge is 2.50. The minimum absolute atomic E-state index is 0.416. The average Bonchev–Trinajstić information content (AvgIpc) is 2.70. The summed E-state index contributed by atoms with van der Waals surface area (Å²) in [4.78, 5) is 24.2. The highest BCUT2D eigenvalue weighted by atomic mass is 16.5. The molecule has 5 nitrogen and oxygen atoms in total. The molecule has 1 aliphatic rings. The van der Waals surface area contributed by atoms with Gasteiger partial charge < -0.3 is 9.84 Å². The lowest BCUT2D eigenvalue weighted by molar-refractivity contribution is -0.153. The fourth-order valence-corrected chi connectivity index (χ4v) is 2.39. The van der Waals surface area contributed by atoms with Crippen molar-refractivity contribution in [2.24, 2.45) is 0 Å². The van der Waals surface area contributed by atoms with Crippen molar-refractivity contribution in [3.63, 3.8) is 0 Å². The van der Waals surface area contributed by atoms with Crippen molar-refractivity contribution in [1.29, 1.82) is 0 Å². The van der Waals surface area contributed by atoms with Gasteiger partial charge in [0.2, 0.25) is 0 Å². The monoisotopic (exact) mass is 229 g/mol. The molecule has 0 aromatic heterocycles. The number of methoxy groups -OCH3 is 1. The van der Waals surface area contributed by atoms with Gasteiger partial charge in [-0.05, 0) is 19.3 Å². The minimum Gasteiger partial charge on any atom is -0.467 e. The quantitative estimate of drug-likeness (QED) is 0.747. The molecule has 1 N–H and O–H groups in total. The summed E-state index contributed by atoms with van der Waals surface area (Å²) in [7, 11) is 1.31. The first-order chi connectivity index (χ1) is 7.58. The van der Waals surface area contributed by atoms with Crippen molar-refractivity contribution >= 4 is 12.1 Å². The maximum Gasteiger partial charge on any atom is 0.408 e. The number of likely N-dealkylation sites (tertiary alicyclic amines) is 1. The third-order valence-electron chi connectivity index (χ3n) is 3.23. The van der Waals surface area contributed by atoms with E-state index in [0.717, 1.165) is 19.3 Å². The normalized spacial score (nSPS) is 24.5. The summed E-state index contributed by atoms with van der Waals surface area (Å²) in [5, 5.41) is 9.11. The molecule has 0 spiro atoms. The number of carboxylic acid groups (broad SMARTS) is 1. The summed E-state index contributed by atoms with van der Waals surface area (Å²) >= 11 is 0. The van der Waals surface area contributed by atoms with Crippen LogP contribution in [0.4, 0.5) is 4.79 Å². The number of rotatable bonds is 4. The van der Waals surface area contributed by atoms with Gasteiger partial charge in [-0.1, -0.05) is 19.8 Å². The number of hydrogen-bond donors (Lipinski definition) is 1. The fraction of sp³-hybridized carbons (Fsp3) is 0.818. The van der Waals surface area contributed by atoms with Crippen molar-refractivity contribution < 1.29 is 19.4 Å². The van der Waals surface area contributed by atoms with E-state index < -0.39 is 17.6 Å². The van der Waals surface area contributed by atoms with Crippen molar-refractivity contribution in [2.75, 3.05) is 13.7 Å². The molecule has 1 amide bonds. The van der Waals surface area contributed by atoms with E-state index in [0.29, 0.717) is 19.4 Å². The van der Waals surface area contributed by atoms with Crippen LogP contribution in [0.15, 0.2) is 0 Å². The maximum absolute atomic E-state index is 11.8. The molecule has 16 heavy (non-hydrogen) atoms. The molecule has 0 aromatic carbocycles. The lowest BCUT2D eigenvalue weighted by Gasteiger charge is -2.33. The van der Waals surface area contributed by atoms with Crippen molar-refractivity contribution in [3.8, 4) is 0 Å². The molecular formula is C11H19NO4. The SMILES string of the molecule is CCCCC1(C(=O)OC)CCCN1C(=O)O. The number of hydrogen-bond acceptors (Lipinski definition) is 3. The Balaban J connectivity index is 2.92. The highest BCUT2D eigenvalue weighted by Crippen LogP contribution is 2.35. The van der Waals surface area contributed by atoms with Gasteiger partial charge in [0, 0.05) is 6.54 Å². The Kier molecular flexibility index (Phi) is 4.15. The highest BCUT2D eigenvalue weighted by molar-refractivity contribution is 5.86. The van der Waals surface area contributed by atoms with Crippen LogP contribution in [0, 0.1) is 0 Å². The van der Waals surface area contributed by atoms with Crippen LogP contribution in [0.5, 0.6) is 0 Å². The van der Waals surface area contributed by atoms with Crippen LogP contribution in [0.3, 0.4) is 0 Å². The summed E-state index contributed by atoms with van der Waals surface area (Å²) in [5.41, 5.74) is -0.934. The second-order valence-corrected chi connectivity index (χ2v) is 4.16. The van der Waals surface area contributed by atoms with Crippen molar-refractivity contribution in [1.82, 2.24) is 4.90 Å². The van der Waals surface area contributed by atoms with Crippen LogP contribution in [-0.4, -0.2) is 41.3 Å². The lowest BCUT2D eigenvalue weighted by atomic mass is 9.90. The zero-order valence-electron chi connectivity index (χ0n) is 9.86. The first kappa shape index (κ1) is 12.8. The molecule has 0 aromatic rings. The molecule has 0 bridgehead atoms. The predicted octanol–water partition coefficient (Wildman–Crippen LogP) is 1.86. The van der Waals surface area contributed by atoms with Crippen molar-refractivity contribution in [3.05, 3.63) is 0 Å². The average molecular weight is 229 g/mol. The second-order valence-electron chi connectivity index (χ2n) is 4.16. The number of amides is 1. The van der Waals surface area contributed by atoms with E-state index in [4.69, 9.17) is 9.84 Å². The van der Waals surface area contributed by atoms with Gasteiger partial charge in [0.25, 0.3) is 0 Å². The van der Waals surface area contributed by atoms with Gasteiger partial charge in [-0.25, -0.2) is 9.59 Å². The summed E-state index contributed by atoms with van der Waals surface area (Å²) in [6.45, 7) is 2.44. The molecule has 1 aliphatic heterocycles. The van der Waals surface area contributed by atoms with Crippen LogP contribution < -0.4 is 0 Å². The van der Waals surface area contributed by atoms with Gasteiger partial charge in [0.05, 0.1) is 7.11 Å². The number of nitrogens with zero attached hydrogens (tertiary/aromatic N) is 1. The van der Waals surface area contributed by atoms with Gasteiger partial charge >= 0.3 is 12.1 Å². The number of unbranched alkanes of at least 4 members (excludes halogenated alkanes) is 1. The fourth-order valence-electron chi connectivity index (χ4n) is 2.39. The van der Waals surface area contributed by atoms with E-state index >= 15 is 0 Å². The van der Waals surface area contributed by atoms with Gasteiger partial charge in [-0.15, -0.1) is 0 Å². The van der Waals surface area contributed by atoms with Crippen LogP contribution in [0.25, 0.3) is 0 Å². The molecule has 5 heteroatoms. The zero-order valence-corrected chi connectivity index (χ0v) is 9.86. The van der Waals surface area contributed by atoms with E-state index in [2.05, 4.69) is 0 Å². The smallest absolute Gasteiger partial charge is 0.408 e. The van der Waals surface area contributed by atoms with E-state index in [1.807, 2.05) is 6.92 Å². The van der Waals surface area contributed by atoms with Crippen LogP contribution in [-0.2, 0) is 9.53 Å². The Morgan fingerprint density at radius 1 is 1.50 bits per heavy atom. The van der Waals surface area contributed by atoms with Gasteiger partial charge in [-0.2, -0.15) is 0 Å². The van der Waals surface area contributed by atoms with E-state index in [1.165, 1.54) is 12.0 Å². The molecule has 1 atom stereocenters. The lowest BCUT2D eigenvalue weighted by Crippen LogP contribution is -2.53. The molecule has 0 aliphatic carbocycles. The first-order valence-corrected chi connectivity index (χ1v) is 5.67. The molecule has 1 saturated heterocycles. The first-order valence-electron chi connectivity index (χ1n) is 5.67. The van der Waals surface area contributed by atoms with E-state index in [9.17, 15) is 9.59 Å². The Morgan fingerprint density at radius 2 is 2.19 bits per heavy atom. The number of carbonyl (C=O) groups excluding carboxylic acids is 1. The minimum atomic E-state index is -1.03. The summed E-state index contributed by atoms with van der Waals surface area (Å²) < 4.78 is 4.77. The maximum atomic E-state index is 11.8. The molecule has 92 valence electrons. The van der Waals surface area contributed by atoms with Crippen LogP contribution in [0.2, 0.25) is 0 Å². The summed E-state index contributed by atoms with van der Waals surface area (Å²) in [6, 6.07) is 0. The second kappa shape index (κ2) is 5.18. The third kappa shape index (κ3) is 2.13. The molecule has 0 radical (unpaired) electrons. The zero-order chi connectivity index (χ0) is 12.2. The largest absolute Gasteiger partial charge is 0.467 e. The van der Waals surface area contributed by atoms with E-state index in [1.54, 1.807) is 0 Å².